The van der Waals surface area contributed by atoms with Gasteiger partial charge in [-0.3, -0.25) is 9.59 Å². The molecule has 0 bridgehead atoms. The summed E-state index contributed by atoms with van der Waals surface area (Å²) in [5.74, 6) is -0.0746. The predicted octanol–water partition coefficient (Wildman–Crippen LogP) is 2.31. The molecule has 0 unspecified atom stereocenters. The number of hydrogen-bond donors (Lipinski definition) is 2. The first kappa shape index (κ1) is 12.8. The van der Waals surface area contributed by atoms with Crippen molar-refractivity contribution in [3.05, 3.63) is 58.7 Å². The largest absolute Gasteiger partial charge is 0.508 e. The zero-order valence-corrected chi connectivity index (χ0v) is 10.0. The van der Waals surface area contributed by atoms with E-state index in [-0.39, 0.29) is 17.9 Å². The Hall–Kier alpha value is -2.62. The van der Waals surface area contributed by atoms with Gasteiger partial charge >= 0.3 is 0 Å². The lowest BCUT2D eigenvalue weighted by Crippen LogP contribution is -1.99. The molecule has 0 aliphatic heterocycles. The molecule has 2 rings (SSSR count). The van der Waals surface area contributed by atoms with E-state index in [1.165, 1.54) is 12.1 Å². The van der Waals surface area contributed by atoms with E-state index in [9.17, 15) is 19.8 Å². The van der Waals surface area contributed by atoms with E-state index in [4.69, 9.17) is 0 Å². The number of carbonyl (C=O) groups excluding carboxylic acids is 2. The second kappa shape index (κ2) is 5.35. The maximum absolute atomic E-state index is 11.0. The SMILES string of the molecule is O=Cc1cccc(O)c1Cc1c(O)cccc1C=O. The van der Waals surface area contributed by atoms with Crippen molar-refractivity contribution in [1.29, 1.82) is 0 Å². The van der Waals surface area contributed by atoms with Crippen LogP contribution in [0, 0.1) is 0 Å². The van der Waals surface area contributed by atoms with Crippen molar-refractivity contribution in [1.82, 2.24) is 0 Å². The standard InChI is InChI=1S/C15H12O4/c16-8-10-3-1-5-14(18)12(10)7-13-11(9-17)4-2-6-15(13)19/h1-6,8-9,18-19H,7H2. The first-order valence-electron chi connectivity index (χ1n) is 5.69. The van der Waals surface area contributed by atoms with E-state index >= 15 is 0 Å². The van der Waals surface area contributed by atoms with Crippen molar-refractivity contribution < 1.29 is 19.8 Å². The average Bonchev–Trinajstić information content (AvgIpc) is 2.42. The fourth-order valence-corrected chi connectivity index (χ4v) is 1.97. The second-order valence-electron chi connectivity index (χ2n) is 4.10. The van der Waals surface area contributed by atoms with Crippen molar-refractivity contribution >= 4 is 12.6 Å². The molecule has 0 saturated carbocycles. The van der Waals surface area contributed by atoms with Crippen LogP contribution in [0.2, 0.25) is 0 Å². The second-order valence-corrected chi connectivity index (χ2v) is 4.10. The normalized spacial score (nSPS) is 10.1. The molecule has 0 amide bonds. The Morgan fingerprint density at radius 2 is 1.21 bits per heavy atom. The molecular formula is C15H12O4. The van der Waals surface area contributed by atoms with Crippen LogP contribution >= 0.6 is 0 Å². The van der Waals surface area contributed by atoms with Gasteiger partial charge in [-0.1, -0.05) is 24.3 Å². The molecule has 0 heterocycles. The molecule has 4 nitrogen and oxygen atoms in total. The quantitative estimate of drug-likeness (QED) is 0.823. The molecule has 0 atom stereocenters. The Morgan fingerprint density at radius 1 is 0.789 bits per heavy atom. The minimum Gasteiger partial charge on any atom is -0.508 e. The zero-order valence-electron chi connectivity index (χ0n) is 10.0. The highest BCUT2D eigenvalue weighted by molar-refractivity contribution is 5.81. The number of hydrogen-bond acceptors (Lipinski definition) is 4. The number of benzene rings is 2. The molecule has 2 aromatic carbocycles. The summed E-state index contributed by atoms with van der Waals surface area (Å²) >= 11 is 0. The predicted molar refractivity (Wildman–Crippen MR) is 69.8 cm³/mol. The Kier molecular flexibility index (Phi) is 3.61. The Bertz CT molecular complexity index is 577. The molecule has 19 heavy (non-hydrogen) atoms. The lowest BCUT2D eigenvalue weighted by molar-refractivity contribution is 0.111. The molecule has 0 aromatic heterocycles. The van der Waals surface area contributed by atoms with Crippen molar-refractivity contribution in [3.8, 4) is 11.5 Å². The van der Waals surface area contributed by atoms with Crippen LogP contribution in [-0.2, 0) is 6.42 Å². The molecule has 0 aliphatic carbocycles. The number of phenolic OH excluding ortho intramolecular Hbond substituents is 2. The number of rotatable bonds is 4. The third-order valence-electron chi connectivity index (χ3n) is 2.98. The maximum atomic E-state index is 11.0. The molecular weight excluding hydrogens is 244 g/mol. The summed E-state index contributed by atoms with van der Waals surface area (Å²) in [6.45, 7) is 0. The summed E-state index contributed by atoms with van der Waals surface area (Å²) in [6.07, 6.45) is 1.38. The van der Waals surface area contributed by atoms with E-state index in [0.717, 1.165) is 0 Å². The van der Waals surface area contributed by atoms with Gasteiger partial charge in [-0.15, -0.1) is 0 Å². The topological polar surface area (TPSA) is 74.6 Å². The third kappa shape index (κ3) is 2.47. The maximum Gasteiger partial charge on any atom is 0.150 e. The zero-order chi connectivity index (χ0) is 13.8. The fourth-order valence-electron chi connectivity index (χ4n) is 1.97. The van der Waals surface area contributed by atoms with E-state index in [1.54, 1.807) is 24.3 Å². The lowest BCUT2D eigenvalue weighted by atomic mass is 9.95. The number of aldehydes is 2. The highest BCUT2D eigenvalue weighted by Gasteiger charge is 2.13. The van der Waals surface area contributed by atoms with Crippen LogP contribution in [-0.4, -0.2) is 22.8 Å². The van der Waals surface area contributed by atoms with E-state index in [2.05, 4.69) is 0 Å². The molecule has 0 radical (unpaired) electrons. The molecule has 2 aromatic rings. The number of phenols is 2. The summed E-state index contributed by atoms with van der Waals surface area (Å²) in [4.78, 5) is 21.9. The van der Waals surface area contributed by atoms with Gasteiger partial charge in [0.25, 0.3) is 0 Å². The number of aromatic hydroxyl groups is 2. The summed E-state index contributed by atoms with van der Waals surface area (Å²) < 4.78 is 0. The number of carbonyl (C=O) groups is 2. The molecule has 0 fully saturated rings. The van der Waals surface area contributed by atoms with Gasteiger partial charge < -0.3 is 10.2 Å². The van der Waals surface area contributed by atoms with Crippen LogP contribution in [0.15, 0.2) is 36.4 Å². The van der Waals surface area contributed by atoms with Crippen LogP contribution in [0.4, 0.5) is 0 Å². The minimum atomic E-state index is -0.0373. The van der Waals surface area contributed by atoms with Crippen molar-refractivity contribution in [2.75, 3.05) is 0 Å². The van der Waals surface area contributed by atoms with Gasteiger partial charge in [0.2, 0.25) is 0 Å². The van der Waals surface area contributed by atoms with Crippen LogP contribution in [0.3, 0.4) is 0 Å². The first-order valence-corrected chi connectivity index (χ1v) is 5.69. The summed E-state index contributed by atoms with van der Waals surface area (Å²) in [7, 11) is 0. The highest BCUT2D eigenvalue weighted by Crippen LogP contribution is 2.28. The van der Waals surface area contributed by atoms with E-state index < -0.39 is 0 Å². The van der Waals surface area contributed by atoms with Crippen LogP contribution < -0.4 is 0 Å². The van der Waals surface area contributed by atoms with Gasteiger partial charge in [-0.05, 0) is 12.1 Å². The van der Waals surface area contributed by atoms with Gasteiger partial charge in [-0.2, -0.15) is 0 Å². The Balaban J connectivity index is 2.53. The third-order valence-corrected chi connectivity index (χ3v) is 2.98. The van der Waals surface area contributed by atoms with E-state index in [1.807, 2.05) is 0 Å². The minimum absolute atomic E-state index is 0.0373. The average molecular weight is 256 g/mol. The van der Waals surface area contributed by atoms with Crippen molar-refractivity contribution in [2.45, 2.75) is 6.42 Å². The smallest absolute Gasteiger partial charge is 0.150 e. The monoisotopic (exact) mass is 256 g/mol. The summed E-state index contributed by atoms with van der Waals surface area (Å²) in [6, 6.07) is 9.19. The molecule has 96 valence electrons. The van der Waals surface area contributed by atoms with Crippen molar-refractivity contribution in [3.63, 3.8) is 0 Å². The van der Waals surface area contributed by atoms with Gasteiger partial charge in [0.15, 0.2) is 0 Å². The molecule has 2 N–H and O–H groups in total. The van der Waals surface area contributed by atoms with Crippen LogP contribution in [0.1, 0.15) is 31.8 Å². The molecule has 0 saturated heterocycles. The molecule has 0 aliphatic rings. The van der Waals surface area contributed by atoms with E-state index in [0.29, 0.717) is 34.8 Å². The van der Waals surface area contributed by atoms with Gasteiger partial charge in [0, 0.05) is 28.7 Å². The summed E-state index contributed by atoms with van der Waals surface area (Å²) in [5.41, 5.74) is 1.45. The van der Waals surface area contributed by atoms with Gasteiger partial charge in [0.1, 0.15) is 24.1 Å². The summed E-state index contributed by atoms with van der Waals surface area (Å²) in [5, 5.41) is 19.6. The highest BCUT2D eigenvalue weighted by atomic mass is 16.3. The van der Waals surface area contributed by atoms with Gasteiger partial charge in [0.05, 0.1) is 0 Å². The van der Waals surface area contributed by atoms with Gasteiger partial charge in [-0.25, -0.2) is 0 Å². The fraction of sp³-hybridized carbons (Fsp3) is 0.0667. The Labute approximate surface area is 109 Å². The Morgan fingerprint density at radius 3 is 1.58 bits per heavy atom. The molecule has 0 spiro atoms. The molecule has 4 heteroatoms. The lowest BCUT2D eigenvalue weighted by Gasteiger charge is -2.10. The van der Waals surface area contributed by atoms with Crippen LogP contribution in [0.25, 0.3) is 0 Å². The van der Waals surface area contributed by atoms with Crippen LogP contribution in [0.5, 0.6) is 11.5 Å². The first-order chi connectivity index (χ1) is 9.17. The van der Waals surface area contributed by atoms with Crippen molar-refractivity contribution in [2.24, 2.45) is 0 Å².